The molecule has 0 bridgehead atoms. The summed E-state index contributed by atoms with van der Waals surface area (Å²) >= 11 is 2.11. The summed E-state index contributed by atoms with van der Waals surface area (Å²) in [4.78, 5) is 4.55. The van der Waals surface area contributed by atoms with Crippen molar-refractivity contribution in [1.29, 1.82) is 0 Å². The van der Waals surface area contributed by atoms with E-state index in [4.69, 9.17) is 0 Å². The second-order valence-corrected chi connectivity index (χ2v) is 6.90. The molecular weight excluding hydrogens is 276 g/mol. The highest BCUT2D eigenvalue weighted by Gasteiger charge is 2.18. The third-order valence-corrected chi connectivity index (χ3v) is 5.34. The Balaban J connectivity index is 1.73. The summed E-state index contributed by atoms with van der Waals surface area (Å²) in [5.41, 5.74) is 2.39. The first-order valence-electron chi connectivity index (χ1n) is 7.74. The van der Waals surface area contributed by atoms with Gasteiger partial charge in [-0.05, 0) is 36.3 Å². The van der Waals surface area contributed by atoms with Crippen LogP contribution in [0.15, 0.2) is 54.7 Å². The van der Waals surface area contributed by atoms with Crippen molar-refractivity contribution in [2.24, 2.45) is 0 Å². The monoisotopic (exact) mass is 298 g/mol. The van der Waals surface area contributed by atoms with Gasteiger partial charge in [0.05, 0.1) is 11.7 Å². The maximum absolute atomic E-state index is 4.55. The molecule has 1 aromatic carbocycles. The molecule has 21 heavy (non-hydrogen) atoms. The topological polar surface area (TPSA) is 24.9 Å². The Kier molecular flexibility index (Phi) is 5.30. The van der Waals surface area contributed by atoms with Gasteiger partial charge in [0.1, 0.15) is 0 Å². The van der Waals surface area contributed by atoms with Gasteiger partial charge in [-0.1, -0.05) is 42.8 Å². The predicted octanol–water partition coefficient (Wildman–Crippen LogP) is 4.05. The van der Waals surface area contributed by atoms with Crippen molar-refractivity contribution in [2.45, 2.75) is 30.6 Å². The maximum atomic E-state index is 4.55. The van der Waals surface area contributed by atoms with Crippen LogP contribution in [0.5, 0.6) is 0 Å². The molecule has 3 rings (SSSR count). The summed E-state index contributed by atoms with van der Waals surface area (Å²) in [5, 5.41) is 4.48. The minimum Gasteiger partial charge on any atom is -0.304 e. The molecule has 1 aliphatic rings. The van der Waals surface area contributed by atoms with Gasteiger partial charge in [0, 0.05) is 18.0 Å². The van der Waals surface area contributed by atoms with Gasteiger partial charge in [0.2, 0.25) is 0 Å². The predicted molar refractivity (Wildman–Crippen MR) is 90.6 cm³/mol. The zero-order valence-electron chi connectivity index (χ0n) is 12.2. The van der Waals surface area contributed by atoms with Crippen molar-refractivity contribution in [2.75, 3.05) is 12.3 Å². The van der Waals surface area contributed by atoms with Crippen molar-refractivity contribution in [1.82, 2.24) is 10.3 Å². The zero-order valence-corrected chi connectivity index (χ0v) is 13.1. The number of pyridine rings is 1. The van der Waals surface area contributed by atoms with E-state index in [1.807, 2.05) is 12.3 Å². The number of hydrogen-bond donors (Lipinski definition) is 1. The lowest BCUT2D eigenvalue weighted by Gasteiger charge is -2.25. The summed E-state index contributed by atoms with van der Waals surface area (Å²) in [7, 11) is 0. The standard InChI is InChI=1S/C18H22N2S/c1-2-8-15(9-3-1)18(17-11-4-6-12-19-17)20-14-16-10-5-7-13-21-16/h1-4,6,8-9,11-12,16,18,20H,5,7,10,13-14H2. The van der Waals surface area contributed by atoms with Gasteiger partial charge in [0.25, 0.3) is 0 Å². The fourth-order valence-corrected chi connectivity index (χ4v) is 4.05. The van der Waals surface area contributed by atoms with Gasteiger partial charge in [0.15, 0.2) is 0 Å². The van der Waals surface area contributed by atoms with Gasteiger partial charge in [-0.3, -0.25) is 4.98 Å². The van der Waals surface area contributed by atoms with E-state index in [0.29, 0.717) is 0 Å². The molecular formula is C18H22N2S. The molecule has 110 valence electrons. The van der Waals surface area contributed by atoms with E-state index in [-0.39, 0.29) is 6.04 Å². The largest absolute Gasteiger partial charge is 0.304 e. The Morgan fingerprint density at radius 1 is 1.10 bits per heavy atom. The first-order valence-corrected chi connectivity index (χ1v) is 8.79. The first kappa shape index (κ1) is 14.6. The lowest BCUT2D eigenvalue weighted by Crippen LogP contribution is -2.31. The normalized spacial score (nSPS) is 20.1. The average Bonchev–Trinajstić information content (AvgIpc) is 2.58. The SMILES string of the molecule is c1ccc(C(NCC2CCCCS2)c2ccccn2)cc1. The molecule has 1 aromatic heterocycles. The van der Waals surface area contributed by atoms with Crippen molar-refractivity contribution in [3.63, 3.8) is 0 Å². The molecule has 0 radical (unpaired) electrons. The summed E-state index contributed by atoms with van der Waals surface area (Å²) < 4.78 is 0. The van der Waals surface area contributed by atoms with Crippen molar-refractivity contribution in [3.05, 3.63) is 66.0 Å². The molecule has 2 aromatic rings. The number of nitrogens with one attached hydrogen (secondary N) is 1. The average molecular weight is 298 g/mol. The molecule has 2 unspecified atom stereocenters. The minimum absolute atomic E-state index is 0.190. The quantitative estimate of drug-likeness (QED) is 0.901. The second kappa shape index (κ2) is 7.62. The lowest BCUT2D eigenvalue weighted by molar-refractivity contribution is 0.550. The van der Waals surface area contributed by atoms with Crippen LogP contribution in [0.25, 0.3) is 0 Å². The Hall–Kier alpha value is -1.32. The maximum Gasteiger partial charge on any atom is 0.0751 e. The first-order chi connectivity index (χ1) is 10.4. The van der Waals surface area contributed by atoms with E-state index >= 15 is 0 Å². The smallest absolute Gasteiger partial charge is 0.0751 e. The van der Waals surface area contributed by atoms with Crippen LogP contribution in [0.2, 0.25) is 0 Å². The van der Waals surface area contributed by atoms with E-state index < -0.39 is 0 Å². The van der Waals surface area contributed by atoms with E-state index in [1.54, 1.807) is 0 Å². The van der Waals surface area contributed by atoms with Crippen molar-refractivity contribution in [3.8, 4) is 0 Å². The van der Waals surface area contributed by atoms with E-state index in [1.165, 1.54) is 30.6 Å². The highest BCUT2D eigenvalue weighted by molar-refractivity contribution is 7.99. The Labute approximate surface area is 131 Å². The lowest BCUT2D eigenvalue weighted by atomic mass is 10.0. The molecule has 2 heterocycles. The summed E-state index contributed by atoms with van der Waals surface area (Å²) in [6.45, 7) is 1.06. The van der Waals surface area contributed by atoms with Crippen LogP contribution in [0.3, 0.4) is 0 Å². The highest BCUT2D eigenvalue weighted by atomic mass is 32.2. The van der Waals surface area contributed by atoms with Crippen LogP contribution in [-0.2, 0) is 0 Å². The van der Waals surface area contributed by atoms with Crippen LogP contribution in [-0.4, -0.2) is 22.5 Å². The third-order valence-electron chi connectivity index (χ3n) is 3.94. The van der Waals surface area contributed by atoms with Gasteiger partial charge in [-0.25, -0.2) is 0 Å². The molecule has 1 saturated heterocycles. The third kappa shape index (κ3) is 4.08. The van der Waals surface area contributed by atoms with Crippen molar-refractivity contribution < 1.29 is 0 Å². The van der Waals surface area contributed by atoms with Crippen LogP contribution < -0.4 is 5.32 Å². The zero-order chi connectivity index (χ0) is 14.3. The Morgan fingerprint density at radius 2 is 1.95 bits per heavy atom. The number of hydrogen-bond acceptors (Lipinski definition) is 3. The number of nitrogens with zero attached hydrogens (tertiary/aromatic N) is 1. The summed E-state index contributed by atoms with van der Waals surface area (Å²) in [6, 6.07) is 17.0. The second-order valence-electron chi connectivity index (χ2n) is 5.50. The number of aromatic nitrogens is 1. The summed E-state index contributed by atoms with van der Waals surface area (Å²) in [6.07, 6.45) is 5.96. The van der Waals surface area contributed by atoms with E-state index in [0.717, 1.165) is 17.5 Å². The molecule has 0 amide bonds. The van der Waals surface area contributed by atoms with E-state index in [9.17, 15) is 0 Å². The summed E-state index contributed by atoms with van der Waals surface area (Å²) in [5.74, 6) is 1.31. The molecule has 1 N–H and O–H groups in total. The van der Waals surface area contributed by atoms with Crippen LogP contribution in [0, 0.1) is 0 Å². The Morgan fingerprint density at radius 3 is 2.67 bits per heavy atom. The van der Waals surface area contributed by atoms with E-state index in [2.05, 4.69) is 64.5 Å². The van der Waals surface area contributed by atoms with Crippen LogP contribution in [0.1, 0.15) is 36.6 Å². The van der Waals surface area contributed by atoms with Crippen LogP contribution in [0.4, 0.5) is 0 Å². The van der Waals surface area contributed by atoms with Gasteiger partial charge >= 0.3 is 0 Å². The van der Waals surface area contributed by atoms with Crippen molar-refractivity contribution >= 4 is 11.8 Å². The molecule has 1 fully saturated rings. The minimum atomic E-state index is 0.190. The molecule has 2 nitrogen and oxygen atoms in total. The molecule has 0 saturated carbocycles. The number of thioether (sulfide) groups is 1. The number of benzene rings is 1. The number of rotatable bonds is 5. The molecule has 1 aliphatic heterocycles. The molecule has 2 atom stereocenters. The molecule has 0 aliphatic carbocycles. The molecule has 0 spiro atoms. The highest BCUT2D eigenvalue weighted by Crippen LogP contribution is 2.26. The van der Waals surface area contributed by atoms with Gasteiger partial charge in [-0.15, -0.1) is 0 Å². The van der Waals surface area contributed by atoms with Crippen LogP contribution >= 0.6 is 11.8 Å². The van der Waals surface area contributed by atoms with Gasteiger partial charge < -0.3 is 5.32 Å². The Bertz CT molecular complexity index is 484. The fraction of sp³-hybridized carbons (Fsp3) is 0.389. The van der Waals surface area contributed by atoms with Gasteiger partial charge in [-0.2, -0.15) is 11.8 Å². The molecule has 3 heteroatoms. The fourth-order valence-electron chi connectivity index (χ4n) is 2.80.